The number of guanidine groups is 1. The van der Waals surface area contributed by atoms with E-state index in [-0.39, 0.29) is 29.5 Å². The number of nitrogens with zero attached hydrogens (tertiary/aromatic N) is 2. The zero-order valence-electron chi connectivity index (χ0n) is 16.4. The summed E-state index contributed by atoms with van der Waals surface area (Å²) in [7, 11) is 0. The Bertz CT molecular complexity index is 558. The van der Waals surface area contributed by atoms with Gasteiger partial charge in [0, 0.05) is 31.9 Å². The fourth-order valence-electron chi connectivity index (χ4n) is 3.60. The number of nitrogens with one attached hydrogen (secondary N) is 2. The van der Waals surface area contributed by atoms with Gasteiger partial charge in [-0.05, 0) is 47.4 Å². The molecule has 2 aliphatic heterocycles. The van der Waals surface area contributed by atoms with Crippen molar-refractivity contribution in [3.8, 4) is 0 Å². The molecule has 2 saturated heterocycles. The van der Waals surface area contributed by atoms with Crippen LogP contribution in [0.2, 0.25) is 0 Å². The van der Waals surface area contributed by atoms with E-state index in [0.717, 1.165) is 51.9 Å². The van der Waals surface area contributed by atoms with Gasteiger partial charge in [-0.1, -0.05) is 6.92 Å². The van der Waals surface area contributed by atoms with Crippen molar-refractivity contribution in [1.82, 2.24) is 15.5 Å². The zero-order valence-corrected chi connectivity index (χ0v) is 20.4. The van der Waals surface area contributed by atoms with E-state index in [4.69, 9.17) is 9.73 Å². The van der Waals surface area contributed by atoms with Crippen molar-refractivity contribution in [3.63, 3.8) is 0 Å². The molecular weight excluding hydrogens is 491 g/mol. The number of morpholine rings is 1. The van der Waals surface area contributed by atoms with Crippen LogP contribution in [-0.4, -0.2) is 73.8 Å². The third-order valence-corrected chi connectivity index (χ3v) is 7.26. The molecule has 27 heavy (non-hydrogen) atoms. The van der Waals surface area contributed by atoms with E-state index in [2.05, 4.69) is 58.0 Å². The Morgan fingerprint density at radius 2 is 2.19 bits per heavy atom. The summed E-state index contributed by atoms with van der Waals surface area (Å²) in [6.07, 6.45) is 1.23. The van der Waals surface area contributed by atoms with Crippen molar-refractivity contribution in [2.45, 2.75) is 31.7 Å². The van der Waals surface area contributed by atoms with Crippen LogP contribution in [0.15, 0.2) is 21.8 Å². The fourth-order valence-corrected chi connectivity index (χ4v) is 5.85. The van der Waals surface area contributed by atoms with Crippen LogP contribution < -0.4 is 10.6 Å². The number of aliphatic imine (C=N–C) groups is 1. The van der Waals surface area contributed by atoms with Crippen molar-refractivity contribution >= 4 is 53.0 Å². The molecule has 154 valence electrons. The van der Waals surface area contributed by atoms with Gasteiger partial charge in [-0.15, -0.1) is 24.0 Å². The summed E-state index contributed by atoms with van der Waals surface area (Å²) in [6.45, 7) is 10.8. The summed E-state index contributed by atoms with van der Waals surface area (Å²) in [5, 5.41) is 11.3. The average Bonchev–Trinajstić information content (AvgIpc) is 3.37. The Morgan fingerprint density at radius 1 is 1.37 bits per heavy atom. The molecule has 0 amide bonds. The molecule has 0 aromatic carbocycles. The number of hydrogen-bond acceptors (Lipinski definition) is 5. The summed E-state index contributed by atoms with van der Waals surface area (Å²) < 4.78 is 5.56. The first-order valence-corrected chi connectivity index (χ1v) is 11.8. The number of thiophene rings is 1. The molecule has 5 nitrogen and oxygen atoms in total. The van der Waals surface area contributed by atoms with E-state index in [1.807, 2.05) is 0 Å². The monoisotopic (exact) mass is 524 g/mol. The number of rotatable bonds is 7. The fraction of sp³-hybridized carbons (Fsp3) is 0.737. The lowest BCUT2D eigenvalue weighted by atomic mass is 9.96. The van der Waals surface area contributed by atoms with Crippen LogP contribution in [0.3, 0.4) is 0 Å². The first kappa shape index (κ1) is 23.3. The van der Waals surface area contributed by atoms with E-state index in [1.54, 1.807) is 11.3 Å². The van der Waals surface area contributed by atoms with Gasteiger partial charge in [0.1, 0.15) is 0 Å². The Morgan fingerprint density at radius 3 is 2.81 bits per heavy atom. The quantitative estimate of drug-likeness (QED) is 0.326. The van der Waals surface area contributed by atoms with Crippen molar-refractivity contribution < 1.29 is 4.74 Å². The summed E-state index contributed by atoms with van der Waals surface area (Å²) in [6, 6.07) is 2.21. The minimum Gasteiger partial charge on any atom is -0.379 e. The maximum atomic E-state index is 5.56. The Balaban J connectivity index is 0.00000261. The molecule has 0 bridgehead atoms. The van der Waals surface area contributed by atoms with Crippen LogP contribution in [0.1, 0.15) is 31.7 Å². The minimum atomic E-state index is 0. The van der Waals surface area contributed by atoms with E-state index in [0.29, 0.717) is 5.92 Å². The van der Waals surface area contributed by atoms with Gasteiger partial charge in [0.2, 0.25) is 0 Å². The molecule has 3 heterocycles. The Kier molecular flexibility index (Phi) is 10.2. The number of halogens is 1. The van der Waals surface area contributed by atoms with Crippen LogP contribution in [0.25, 0.3) is 0 Å². The molecule has 1 aromatic heterocycles. The largest absolute Gasteiger partial charge is 0.379 e. The molecule has 8 heteroatoms. The second-order valence-electron chi connectivity index (χ2n) is 7.16. The van der Waals surface area contributed by atoms with Gasteiger partial charge in [-0.3, -0.25) is 9.89 Å². The molecule has 3 rings (SSSR count). The van der Waals surface area contributed by atoms with Crippen LogP contribution in [0, 0.1) is 0 Å². The van der Waals surface area contributed by atoms with Crippen molar-refractivity contribution in [2.24, 2.45) is 4.99 Å². The second kappa shape index (κ2) is 11.8. The van der Waals surface area contributed by atoms with Crippen molar-refractivity contribution in [2.75, 3.05) is 57.4 Å². The Labute approximate surface area is 189 Å². The van der Waals surface area contributed by atoms with Gasteiger partial charge in [0.05, 0.1) is 25.3 Å². The third-order valence-electron chi connectivity index (χ3n) is 5.33. The van der Waals surface area contributed by atoms with Gasteiger partial charge >= 0.3 is 0 Å². The highest BCUT2D eigenvalue weighted by molar-refractivity contribution is 14.0. The molecular formula is C19H33IN4OS2. The van der Waals surface area contributed by atoms with Gasteiger partial charge in [0.25, 0.3) is 0 Å². The summed E-state index contributed by atoms with van der Waals surface area (Å²) in [4.78, 5) is 7.62. The minimum absolute atomic E-state index is 0. The van der Waals surface area contributed by atoms with E-state index in [9.17, 15) is 0 Å². The van der Waals surface area contributed by atoms with Crippen LogP contribution in [0.5, 0.6) is 0 Å². The van der Waals surface area contributed by atoms with Crippen molar-refractivity contribution in [3.05, 3.63) is 22.4 Å². The molecule has 0 saturated carbocycles. The first-order valence-electron chi connectivity index (χ1n) is 9.68. The van der Waals surface area contributed by atoms with Gasteiger partial charge in [-0.25, -0.2) is 0 Å². The molecule has 1 aromatic rings. The number of ether oxygens (including phenoxy) is 1. The second-order valence-corrected chi connectivity index (χ2v) is 9.05. The smallest absolute Gasteiger partial charge is 0.191 e. The van der Waals surface area contributed by atoms with Crippen LogP contribution in [0.4, 0.5) is 0 Å². The summed E-state index contributed by atoms with van der Waals surface area (Å²) >= 11 is 3.83. The highest BCUT2D eigenvalue weighted by Crippen LogP contribution is 2.34. The average molecular weight is 525 g/mol. The van der Waals surface area contributed by atoms with Crippen molar-refractivity contribution in [1.29, 1.82) is 0 Å². The maximum Gasteiger partial charge on any atom is 0.191 e. The predicted octanol–water partition coefficient (Wildman–Crippen LogP) is 3.23. The lowest BCUT2D eigenvalue weighted by Gasteiger charge is -2.42. The Hall–Kier alpha value is -0.0300. The molecule has 0 spiro atoms. The third kappa shape index (κ3) is 6.48. The summed E-state index contributed by atoms with van der Waals surface area (Å²) in [5.41, 5.74) is 1.60. The standard InChI is InChI=1S/C19H32N4OS2.HI/c1-3-20-18(21-12-16(2)17-4-10-25-13-17)22-14-19(5-11-26-15-19)23-6-8-24-9-7-23;/h4,10,13,16H,3,5-9,11-12,14-15H2,1-2H3,(H2,20,21,22);1H. The van der Waals surface area contributed by atoms with Gasteiger partial charge in [0.15, 0.2) is 5.96 Å². The van der Waals surface area contributed by atoms with Crippen LogP contribution >= 0.6 is 47.1 Å². The lowest BCUT2D eigenvalue weighted by molar-refractivity contribution is -0.0104. The molecule has 2 N–H and O–H groups in total. The molecule has 2 atom stereocenters. The normalized spacial score (nSPS) is 25.0. The molecule has 0 aliphatic carbocycles. The highest BCUT2D eigenvalue weighted by Gasteiger charge is 2.40. The number of thioether (sulfide) groups is 1. The maximum absolute atomic E-state index is 5.56. The van der Waals surface area contributed by atoms with E-state index >= 15 is 0 Å². The predicted molar refractivity (Wildman–Crippen MR) is 129 cm³/mol. The van der Waals surface area contributed by atoms with Crippen LogP contribution in [-0.2, 0) is 4.74 Å². The first-order chi connectivity index (χ1) is 12.7. The van der Waals surface area contributed by atoms with Gasteiger partial charge in [-0.2, -0.15) is 23.1 Å². The molecule has 0 radical (unpaired) electrons. The molecule has 2 unspecified atom stereocenters. The number of hydrogen-bond donors (Lipinski definition) is 2. The SMILES string of the molecule is CCNC(=NCC1(N2CCOCC2)CCSC1)NCC(C)c1ccsc1.I. The lowest BCUT2D eigenvalue weighted by Crippen LogP contribution is -2.56. The molecule has 2 aliphatic rings. The topological polar surface area (TPSA) is 48.9 Å². The summed E-state index contributed by atoms with van der Waals surface area (Å²) in [5.74, 6) is 3.85. The highest BCUT2D eigenvalue weighted by atomic mass is 127. The zero-order chi connectivity index (χ0) is 18.2. The van der Waals surface area contributed by atoms with E-state index in [1.165, 1.54) is 23.5 Å². The van der Waals surface area contributed by atoms with Gasteiger partial charge < -0.3 is 15.4 Å². The van der Waals surface area contributed by atoms with E-state index < -0.39 is 0 Å². The molecule has 2 fully saturated rings.